The van der Waals surface area contributed by atoms with Gasteiger partial charge in [-0.1, -0.05) is 30.3 Å². The van der Waals surface area contributed by atoms with E-state index >= 15 is 0 Å². The van der Waals surface area contributed by atoms with Gasteiger partial charge in [-0.3, -0.25) is 4.79 Å². The number of carbonyl (C=O) groups excluding carboxylic acids is 1. The summed E-state index contributed by atoms with van der Waals surface area (Å²) in [5.41, 5.74) is 1.46. The Morgan fingerprint density at radius 2 is 1.84 bits per heavy atom. The molecule has 0 aliphatic carbocycles. The van der Waals surface area contributed by atoms with Crippen LogP contribution in [0, 0.1) is 0 Å². The van der Waals surface area contributed by atoms with E-state index in [0.29, 0.717) is 12.2 Å². The Balaban J connectivity index is 1.96. The first-order valence-corrected chi connectivity index (χ1v) is 7.70. The lowest BCUT2D eigenvalue weighted by atomic mass is 10.2. The third-order valence-corrected chi connectivity index (χ3v) is 3.47. The lowest BCUT2D eigenvalue weighted by molar-refractivity contribution is -0.121. The number of hydrogen-bond acceptors (Lipinski definition) is 4. The first-order valence-electron chi connectivity index (χ1n) is 7.70. The molecule has 0 spiro atoms. The Bertz CT molecular complexity index is 696. The van der Waals surface area contributed by atoms with Crippen molar-refractivity contribution in [2.45, 2.75) is 26.1 Å². The molecule has 2 rings (SSSR count). The number of amides is 1. The largest absolute Gasteiger partial charge is 0.493 e. The molecular formula is C18H20F2N2O3. The fourth-order valence-electron chi connectivity index (χ4n) is 2.21. The summed E-state index contributed by atoms with van der Waals surface area (Å²) >= 11 is 0. The molecule has 5 nitrogen and oxygen atoms in total. The highest BCUT2D eigenvalue weighted by Gasteiger charge is 2.15. The van der Waals surface area contributed by atoms with E-state index in [9.17, 15) is 13.6 Å². The number of hydrogen-bond donors (Lipinski definition) is 2. The molecular weight excluding hydrogens is 330 g/mol. The van der Waals surface area contributed by atoms with Crippen LogP contribution in [0.4, 0.5) is 14.5 Å². The summed E-state index contributed by atoms with van der Waals surface area (Å²) in [4.78, 5) is 12.2. The molecule has 2 aromatic carbocycles. The maximum Gasteiger partial charge on any atom is 0.387 e. The van der Waals surface area contributed by atoms with Gasteiger partial charge in [0.15, 0.2) is 11.5 Å². The Labute approximate surface area is 144 Å². The molecule has 1 unspecified atom stereocenters. The zero-order chi connectivity index (χ0) is 18.2. The summed E-state index contributed by atoms with van der Waals surface area (Å²) in [6, 6.07) is 13.4. The lowest BCUT2D eigenvalue weighted by Gasteiger charge is -2.17. The van der Waals surface area contributed by atoms with Gasteiger partial charge in [-0.15, -0.1) is 0 Å². The Kier molecular flexibility index (Phi) is 6.56. The van der Waals surface area contributed by atoms with Crippen molar-refractivity contribution in [3.63, 3.8) is 0 Å². The predicted molar refractivity (Wildman–Crippen MR) is 91.0 cm³/mol. The molecule has 0 aliphatic heterocycles. The highest BCUT2D eigenvalue weighted by Crippen LogP contribution is 2.31. The third kappa shape index (κ3) is 5.63. The first-order chi connectivity index (χ1) is 12.0. The molecule has 0 heterocycles. The molecule has 0 bridgehead atoms. The van der Waals surface area contributed by atoms with Gasteiger partial charge < -0.3 is 20.1 Å². The van der Waals surface area contributed by atoms with Gasteiger partial charge in [0.05, 0.1) is 7.11 Å². The normalized spacial score (nSPS) is 11.7. The van der Waals surface area contributed by atoms with Crippen LogP contribution in [-0.4, -0.2) is 25.7 Å². The number of halogens is 2. The van der Waals surface area contributed by atoms with Crippen molar-refractivity contribution in [1.82, 2.24) is 5.32 Å². The van der Waals surface area contributed by atoms with Crippen molar-refractivity contribution in [3.05, 3.63) is 54.1 Å². The molecule has 7 heteroatoms. The minimum absolute atomic E-state index is 0.0978. The maximum atomic E-state index is 12.5. The molecule has 2 N–H and O–H groups in total. The van der Waals surface area contributed by atoms with Crippen LogP contribution in [0.2, 0.25) is 0 Å². The lowest BCUT2D eigenvalue weighted by Crippen LogP contribution is -2.37. The van der Waals surface area contributed by atoms with E-state index in [1.54, 1.807) is 13.0 Å². The average molecular weight is 350 g/mol. The zero-order valence-corrected chi connectivity index (χ0v) is 14.0. The first kappa shape index (κ1) is 18.5. The second-order valence-corrected chi connectivity index (χ2v) is 5.31. The number of anilines is 1. The van der Waals surface area contributed by atoms with E-state index in [2.05, 4.69) is 15.4 Å². The summed E-state index contributed by atoms with van der Waals surface area (Å²) < 4.78 is 34.3. The topological polar surface area (TPSA) is 59.6 Å². The van der Waals surface area contributed by atoms with Crippen LogP contribution >= 0.6 is 0 Å². The number of carbonyl (C=O) groups is 1. The van der Waals surface area contributed by atoms with E-state index in [1.165, 1.54) is 19.2 Å². The third-order valence-electron chi connectivity index (χ3n) is 3.47. The highest BCUT2D eigenvalue weighted by molar-refractivity contribution is 5.84. The molecule has 134 valence electrons. The van der Waals surface area contributed by atoms with Crippen LogP contribution in [0.3, 0.4) is 0 Å². The highest BCUT2D eigenvalue weighted by atomic mass is 19.3. The fraction of sp³-hybridized carbons (Fsp3) is 0.278. The van der Waals surface area contributed by atoms with Crippen LogP contribution < -0.4 is 20.1 Å². The van der Waals surface area contributed by atoms with Gasteiger partial charge in [0.1, 0.15) is 6.04 Å². The van der Waals surface area contributed by atoms with E-state index in [-0.39, 0.29) is 17.4 Å². The standard InChI is InChI=1S/C18H20F2N2O3/c1-12(17(23)21-11-13-6-4-3-5-7-13)22-14-8-9-15(24-2)16(10-14)25-18(19)20/h3-10,12,18,22H,11H2,1-2H3,(H,21,23). The second-order valence-electron chi connectivity index (χ2n) is 5.31. The number of methoxy groups -OCH3 is 1. The van der Waals surface area contributed by atoms with Crippen LogP contribution in [0.15, 0.2) is 48.5 Å². The molecule has 0 aliphatic rings. The minimum Gasteiger partial charge on any atom is -0.493 e. The van der Waals surface area contributed by atoms with E-state index in [4.69, 9.17) is 4.74 Å². The number of ether oxygens (including phenoxy) is 2. The predicted octanol–water partition coefficient (Wildman–Crippen LogP) is 3.41. The Morgan fingerprint density at radius 1 is 1.12 bits per heavy atom. The van der Waals surface area contributed by atoms with Gasteiger partial charge in [-0.25, -0.2) is 0 Å². The van der Waals surface area contributed by atoms with Crippen molar-refractivity contribution in [1.29, 1.82) is 0 Å². The number of benzene rings is 2. The molecule has 25 heavy (non-hydrogen) atoms. The summed E-state index contributed by atoms with van der Waals surface area (Å²) in [7, 11) is 1.36. The van der Waals surface area contributed by atoms with Gasteiger partial charge in [-0.2, -0.15) is 8.78 Å². The summed E-state index contributed by atoms with van der Waals surface area (Å²) in [6.45, 7) is -0.873. The molecule has 0 saturated carbocycles. The fourth-order valence-corrected chi connectivity index (χ4v) is 2.21. The van der Waals surface area contributed by atoms with Crippen LogP contribution in [0.1, 0.15) is 12.5 Å². The van der Waals surface area contributed by atoms with E-state index in [1.807, 2.05) is 30.3 Å². The van der Waals surface area contributed by atoms with Crippen LogP contribution in [0.5, 0.6) is 11.5 Å². The summed E-state index contributed by atoms with van der Waals surface area (Å²) in [5, 5.41) is 5.76. The number of nitrogens with one attached hydrogen (secondary N) is 2. The van der Waals surface area contributed by atoms with Gasteiger partial charge in [0.2, 0.25) is 5.91 Å². The van der Waals surface area contributed by atoms with Gasteiger partial charge in [-0.05, 0) is 24.6 Å². The number of alkyl halides is 2. The molecule has 0 radical (unpaired) electrons. The molecule has 2 aromatic rings. The molecule has 0 saturated heterocycles. The minimum atomic E-state index is -2.96. The monoisotopic (exact) mass is 350 g/mol. The van der Waals surface area contributed by atoms with Crippen LogP contribution in [0.25, 0.3) is 0 Å². The quantitative estimate of drug-likeness (QED) is 0.766. The summed E-state index contributed by atoms with van der Waals surface area (Å²) in [6.07, 6.45) is 0. The second kappa shape index (κ2) is 8.86. The number of rotatable bonds is 8. The Morgan fingerprint density at radius 3 is 2.48 bits per heavy atom. The van der Waals surface area contributed by atoms with E-state index < -0.39 is 12.7 Å². The molecule has 1 amide bonds. The SMILES string of the molecule is COc1ccc(NC(C)C(=O)NCc2ccccc2)cc1OC(F)F. The van der Waals surface area contributed by atoms with Crippen molar-refractivity contribution in [2.24, 2.45) is 0 Å². The Hall–Kier alpha value is -2.83. The van der Waals surface area contributed by atoms with Crippen molar-refractivity contribution < 1.29 is 23.0 Å². The molecule has 0 fully saturated rings. The van der Waals surface area contributed by atoms with E-state index in [0.717, 1.165) is 5.56 Å². The smallest absolute Gasteiger partial charge is 0.387 e. The zero-order valence-electron chi connectivity index (χ0n) is 14.0. The van der Waals surface area contributed by atoms with Crippen molar-refractivity contribution >= 4 is 11.6 Å². The van der Waals surface area contributed by atoms with Gasteiger partial charge in [0, 0.05) is 18.3 Å². The summed E-state index contributed by atoms with van der Waals surface area (Å²) in [5.74, 6) is -0.123. The van der Waals surface area contributed by atoms with Gasteiger partial charge >= 0.3 is 6.61 Å². The van der Waals surface area contributed by atoms with Crippen LogP contribution in [-0.2, 0) is 11.3 Å². The average Bonchev–Trinajstić information content (AvgIpc) is 2.60. The molecule has 0 aromatic heterocycles. The van der Waals surface area contributed by atoms with Crippen molar-refractivity contribution in [3.8, 4) is 11.5 Å². The van der Waals surface area contributed by atoms with Gasteiger partial charge in [0.25, 0.3) is 0 Å². The van der Waals surface area contributed by atoms with Crippen molar-refractivity contribution in [2.75, 3.05) is 12.4 Å². The maximum absolute atomic E-state index is 12.5. The molecule has 1 atom stereocenters.